The molecular weight excluding hydrogens is 340 g/mol. The van der Waals surface area contributed by atoms with E-state index in [4.69, 9.17) is 0 Å². The van der Waals surface area contributed by atoms with Crippen LogP contribution in [0.3, 0.4) is 0 Å². The number of benzene rings is 1. The standard InChI is InChI=1S/C18H25BrN2O/c19-17-10-6-5-9-16(17)18(22)21-13-11-20(12-14-21)15-7-3-1-2-4-8-15/h5-6,9-10,15H,1-4,7-8,11-14H2. The normalized spacial score (nSPS) is 21.6. The van der Waals surface area contributed by atoms with Crippen LogP contribution < -0.4 is 0 Å². The molecule has 2 fully saturated rings. The summed E-state index contributed by atoms with van der Waals surface area (Å²) < 4.78 is 0.895. The summed E-state index contributed by atoms with van der Waals surface area (Å²) in [6, 6.07) is 8.48. The van der Waals surface area contributed by atoms with Crippen LogP contribution in [0.2, 0.25) is 0 Å². The summed E-state index contributed by atoms with van der Waals surface area (Å²) in [5.74, 6) is 0.160. The first kappa shape index (κ1) is 16.0. The van der Waals surface area contributed by atoms with Gasteiger partial charge >= 0.3 is 0 Å². The molecule has 120 valence electrons. The second-order valence-corrected chi connectivity index (χ2v) is 7.31. The molecule has 22 heavy (non-hydrogen) atoms. The monoisotopic (exact) mass is 364 g/mol. The van der Waals surface area contributed by atoms with Crippen molar-refractivity contribution in [2.75, 3.05) is 26.2 Å². The lowest BCUT2D eigenvalue weighted by Gasteiger charge is -2.39. The Kier molecular flexibility index (Phi) is 5.53. The zero-order valence-corrected chi connectivity index (χ0v) is 14.7. The van der Waals surface area contributed by atoms with Gasteiger partial charge in [0.1, 0.15) is 0 Å². The fourth-order valence-electron chi connectivity index (χ4n) is 3.72. The molecule has 1 aromatic rings. The zero-order valence-electron chi connectivity index (χ0n) is 13.1. The van der Waals surface area contributed by atoms with Gasteiger partial charge in [-0.25, -0.2) is 0 Å². The molecule has 1 amide bonds. The molecule has 3 nitrogen and oxygen atoms in total. The molecule has 2 aliphatic rings. The number of amides is 1. The van der Waals surface area contributed by atoms with Crippen molar-refractivity contribution >= 4 is 21.8 Å². The third kappa shape index (κ3) is 3.72. The van der Waals surface area contributed by atoms with Crippen molar-refractivity contribution in [2.24, 2.45) is 0 Å². The molecule has 3 rings (SSSR count). The van der Waals surface area contributed by atoms with E-state index in [1.807, 2.05) is 29.2 Å². The first-order chi connectivity index (χ1) is 10.8. The lowest BCUT2D eigenvalue weighted by Crippen LogP contribution is -2.51. The highest BCUT2D eigenvalue weighted by molar-refractivity contribution is 9.10. The van der Waals surface area contributed by atoms with Crippen molar-refractivity contribution in [2.45, 2.75) is 44.6 Å². The number of hydrogen-bond donors (Lipinski definition) is 0. The maximum Gasteiger partial charge on any atom is 0.255 e. The lowest BCUT2D eigenvalue weighted by atomic mass is 10.1. The molecule has 1 saturated heterocycles. The van der Waals surface area contributed by atoms with E-state index in [0.29, 0.717) is 0 Å². The van der Waals surface area contributed by atoms with Crippen molar-refractivity contribution in [1.82, 2.24) is 9.80 Å². The largest absolute Gasteiger partial charge is 0.336 e. The van der Waals surface area contributed by atoms with E-state index in [2.05, 4.69) is 20.8 Å². The van der Waals surface area contributed by atoms with Crippen LogP contribution in [-0.2, 0) is 0 Å². The minimum absolute atomic E-state index is 0.160. The Hall–Kier alpha value is -0.870. The number of hydrogen-bond acceptors (Lipinski definition) is 2. The van der Waals surface area contributed by atoms with E-state index in [1.54, 1.807) is 0 Å². The minimum Gasteiger partial charge on any atom is -0.336 e. The zero-order chi connectivity index (χ0) is 15.4. The van der Waals surface area contributed by atoms with Crippen LogP contribution >= 0.6 is 15.9 Å². The Balaban J connectivity index is 1.57. The average molecular weight is 365 g/mol. The van der Waals surface area contributed by atoms with E-state index in [-0.39, 0.29) is 5.91 Å². The lowest BCUT2D eigenvalue weighted by molar-refractivity contribution is 0.0551. The van der Waals surface area contributed by atoms with Crippen LogP contribution in [0, 0.1) is 0 Å². The Bertz CT molecular complexity index is 504. The van der Waals surface area contributed by atoms with Crippen molar-refractivity contribution < 1.29 is 4.79 Å². The van der Waals surface area contributed by atoms with E-state index in [0.717, 1.165) is 42.3 Å². The van der Waals surface area contributed by atoms with Gasteiger partial charge in [-0.1, -0.05) is 37.8 Å². The van der Waals surface area contributed by atoms with Gasteiger partial charge in [0.2, 0.25) is 0 Å². The van der Waals surface area contributed by atoms with E-state index in [1.165, 1.54) is 38.5 Å². The Morgan fingerprint density at radius 3 is 2.23 bits per heavy atom. The highest BCUT2D eigenvalue weighted by Crippen LogP contribution is 2.24. The number of carbonyl (C=O) groups is 1. The third-order valence-electron chi connectivity index (χ3n) is 5.05. The van der Waals surface area contributed by atoms with Gasteiger partial charge < -0.3 is 4.90 Å². The quantitative estimate of drug-likeness (QED) is 0.742. The first-order valence-corrected chi connectivity index (χ1v) is 9.33. The van der Waals surface area contributed by atoms with Gasteiger partial charge in [0.05, 0.1) is 5.56 Å². The molecule has 0 aromatic heterocycles. The minimum atomic E-state index is 0.160. The van der Waals surface area contributed by atoms with Gasteiger partial charge in [-0.15, -0.1) is 0 Å². The Morgan fingerprint density at radius 2 is 1.59 bits per heavy atom. The van der Waals surface area contributed by atoms with Crippen LogP contribution in [0.25, 0.3) is 0 Å². The van der Waals surface area contributed by atoms with Gasteiger partial charge in [0.15, 0.2) is 0 Å². The smallest absolute Gasteiger partial charge is 0.255 e. The molecular formula is C18H25BrN2O. The van der Waals surface area contributed by atoms with Gasteiger partial charge in [-0.3, -0.25) is 9.69 Å². The summed E-state index contributed by atoms with van der Waals surface area (Å²) in [5.41, 5.74) is 0.783. The number of rotatable bonds is 2. The van der Waals surface area contributed by atoms with Gasteiger partial charge in [0.25, 0.3) is 5.91 Å². The average Bonchev–Trinajstić information content (AvgIpc) is 2.84. The highest BCUT2D eigenvalue weighted by atomic mass is 79.9. The molecule has 4 heteroatoms. The summed E-state index contributed by atoms with van der Waals surface area (Å²) in [6.07, 6.45) is 8.24. The second-order valence-electron chi connectivity index (χ2n) is 6.45. The molecule has 0 N–H and O–H groups in total. The molecule has 0 bridgehead atoms. The Morgan fingerprint density at radius 1 is 0.955 bits per heavy atom. The summed E-state index contributed by atoms with van der Waals surface area (Å²) in [5, 5.41) is 0. The molecule has 0 atom stereocenters. The van der Waals surface area contributed by atoms with E-state index < -0.39 is 0 Å². The summed E-state index contributed by atoms with van der Waals surface area (Å²) in [6.45, 7) is 3.77. The van der Waals surface area contributed by atoms with Crippen LogP contribution in [-0.4, -0.2) is 47.9 Å². The molecule has 0 radical (unpaired) electrons. The molecule has 1 heterocycles. The summed E-state index contributed by atoms with van der Waals surface area (Å²) in [7, 11) is 0. The predicted molar refractivity (Wildman–Crippen MR) is 93.1 cm³/mol. The van der Waals surface area contributed by atoms with Crippen molar-refractivity contribution in [1.29, 1.82) is 0 Å². The van der Waals surface area contributed by atoms with Crippen LogP contribution in [0.1, 0.15) is 48.9 Å². The molecule has 1 aromatic carbocycles. The fourth-order valence-corrected chi connectivity index (χ4v) is 4.17. The first-order valence-electron chi connectivity index (χ1n) is 8.53. The fraction of sp³-hybridized carbons (Fsp3) is 0.611. The molecule has 1 aliphatic heterocycles. The van der Waals surface area contributed by atoms with Gasteiger partial charge in [-0.05, 0) is 40.9 Å². The van der Waals surface area contributed by atoms with Gasteiger partial charge in [-0.2, -0.15) is 0 Å². The SMILES string of the molecule is O=C(c1ccccc1Br)N1CCN(C2CCCCCC2)CC1. The van der Waals surface area contributed by atoms with Crippen LogP contribution in [0.4, 0.5) is 0 Å². The predicted octanol–water partition coefficient (Wildman–Crippen LogP) is 3.93. The number of nitrogens with zero attached hydrogens (tertiary/aromatic N) is 2. The maximum atomic E-state index is 12.6. The van der Waals surface area contributed by atoms with Crippen molar-refractivity contribution in [3.8, 4) is 0 Å². The maximum absolute atomic E-state index is 12.6. The summed E-state index contributed by atoms with van der Waals surface area (Å²) >= 11 is 3.49. The Labute approximate surface area is 141 Å². The van der Waals surface area contributed by atoms with Crippen LogP contribution in [0.5, 0.6) is 0 Å². The summed E-state index contributed by atoms with van der Waals surface area (Å²) in [4.78, 5) is 17.3. The molecule has 1 saturated carbocycles. The molecule has 0 unspecified atom stereocenters. The van der Waals surface area contributed by atoms with Gasteiger partial charge in [0, 0.05) is 36.7 Å². The van der Waals surface area contributed by atoms with E-state index >= 15 is 0 Å². The van der Waals surface area contributed by atoms with Crippen molar-refractivity contribution in [3.63, 3.8) is 0 Å². The number of carbonyl (C=O) groups excluding carboxylic acids is 1. The van der Waals surface area contributed by atoms with Crippen LogP contribution in [0.15, 0.2) is 28.7 Å². The molecule has 1 aliphatic carbocycles. The number of halogens is 1. The highest BCUT2D eigenvalue weighted by Gasteiger charge is 2.27. The number of piperazine rings is 1. The third-order valence-corrected chi connectivity index (χ3v) is 5.74. The van der Waals surface area contributed by atoms with E-state index in [9.17, 15) is 4.79 Å². The molecule has 0 spiro atoms. The second kappa shape index (κ2) is 7.60. The topological polar surface area (TPSA) is 23.6 Å². The van der Waals surface area contributed by atoms with Crippen molar-refractivity contribution in [3.05, 3.63) is 34.3 Å².